The Labute approximate surface area is 157 Å². The number of hydrogen-bond donors (Lipinski definition) is 2. The van der Waals surface area contributed by atoms with Crippen molar-refractivity contribution in [2.75, 3.05) is 19.6 Å². The number of carbonyl (C=O) groups excluding carboxylic acids is 1. The Morgan fingerprint density at radius 1 is 1.04 bits per heavy atom. The summed E-state index contributed by atoms with van der Waals surface area (Å²) in [6.45, 7) is 2.69. The van der Waals surface area contributed by atoms with Crippen LogP contribution < -0.4 is 5.32 Å². The Kier molecular flexibility index (Phi) is 3.76. The summed E-state index contributed by atoms with van der Waals surface area (Å²) in [4.78, 5) is 18.7. The summed E-state index contributed by atoms with van der Waals surface area (Å²) in [6.07, 6.45) is 0. The van der Waals surface area contributed by atoms with Gasteiger partial charge in [0.05, 0.1) is 11.1 Å². The largest absolute Gasteiger partial charge is 0.349 e. The van der Waals surface area contributed by atoms with Gasteiger partial charge in [-0.1, -0.05) is 60.1 Å². The summed E-state index contributed by atoms with van der Waals surface area (Å²) in [5.74, 6) is 0.936. The molecule has 0 saturated carbocycles. The van der Waals surface area contributed by atoms with Gasteiger partial charge in [-0.15, -0.1) is 0 Å². The van der Waals surface area contributed by atoms with E-state index in [1.54, 1.807) is 0 Å². The Hall–Kier alpha value is -2.30. The molecular weight excluding hydrogens is 346 g/mol. The molecule has 2 aliphatic heterocycles. The molecule has 4 nitrogen and oxygen atoms in total. The van der Waals surface area contributed by atoms with Gasteiger partial charge in [0.2, 0.25) is 0 Å². The number of nitrogens with one attached hydrogen (secondary N) is 2. The third-order valence-corrected chi connectivity index (χ3v) is 6.22. The van der Waals surface area contributed by atoms with E-state index in [-0.39, 0.29) is 11.9 Å². The summed E-state index contributed by atoms with van der Waals surface area (Å²) in [6, 6.07) is 18.2. The second-order valence-corrected chi connectivity index (χ2v) is 7.63. The first-order valence-corrected chi connectivity index (χ1v) is 9.44. The minimum atomic E-state index is -0.00514. The van der Waals surface area contributed by atoms with E-state index >= 15 is 0 Å². The minimum absolute atomic E-state index is 0.00514. The molecule has 2 fully saturated rings. The molecule has 2 saturated heterocycles. The lowest BCUT2D eigenvalue weighted by Gasteiger charge is -2.28. The normalized spacial score (nSPS) is 25.0. The van der Waals surface area contributed by atoms with Gasteiger partial charge in [0, 0.05) is 36.5 Å². The van der Waals surface area contributed by atoms with Crippen LogP contribution in [0, 0.1) is 11.8 Å². The molecule has 0 radical (unpaired) electrons. The fraction of sp³-hybridized carbons (Fsp3) is 0.286. The number of rotatable bonds is 2. The van der Waals surface area contributed by atoms with Crippen LogP contribution in [0.2, 0.25) is 5.02 Å². The van der Waals surface area contributed by atoms with Crippen molar-refractivity contribution >= 4 is 28.4 Å². The highest BCUT2D eigenvalue weighted by Crippen LogP contribution is 2.43. The number of carbonyl (C=O) groups is 1. The third-order valence-electron chi connectivity index (χ3n) is 5.82. The molecule has 0 unspecified atom stereocenters. The molecule has 1 amide bonds. The predicted molar refractivity (Wildman–Crippen MR) is 103 cm³/mol. The first-order chi connectivity index (χ1) is 12.7. The number of nitrogens with zero attached hydrogens (tertiary/aromatic N) is 1. The van der Waals surface area contributed by atoms with Crippen LogP contribution in [0.25, 0.3) is 10.9 Å². The van der Waals surface area contributed by atoms with Crippen LogP contribution in [-0.2, 0) is 0 Å². The second kappa shape index (κ2) is 6.15. The topological polar surface area (TPSA) is 48.1 Å². The zero-order chi connectivity index (χ0) is 17.7. The molecule has 2 aromatic carbocycles. The number of H-pyrrole nitrogens is 1. The number of aromatic amines is 1. The Bertz CT molecular complexity index is 968. The van der Waals surface area contributed by atoms with Crippen LogP contribution in [0.15, 0.2) is 54.6 Å². The smallest absolute Gasteiger partial charge is 0.272 e. The van der Waals surface area contributed by atoms with Crippen LogP contribution in [0.5, 0.6) is 0 Å². The lowest BCUT2D eigenvalue weighted by Crippen LogP contribution is -2.35. The van der Waals surface area contributed by atoms with E-state index in [1.165, 1.54) is 5.56 Å². The number of likely N-dealkylation sites (tertiary alicyclic amines) is 1. The van der Waals surface area contributed by atoms with Crippen LogP contribution in [0.3, 0.4) is 0 Å². The van der Waals surface area contributed by atoms with E-state index in [0.29, 0.717) is 22.6 Å². The van der Waals surface area contributed by atoms with E-state index < -0.39 is 0 Å². The summed E-state index contributed by atoms with van der Waals surface area (Å²) in [7, 11) is 0. The van der Waals surface area contributed by atoms with Gasteiger partial charge in [-0.3, -0.25) is 4.79 Å². The van der Waals surface area contributed by atoms with E-state index in [9.17, 15) is 4.79 Å². The lowest BCUT2D eigenvalue weighted by molar-refractivity contribution is 0.0709. The maximum absolute atomic E-state index is 13.4. The summed E-state index contributed by atoms with van der Waals surface area (Å²) < 4.78 is 0. The number of para-hydroxylation sites is 1. The van der Waals surface area contributed by atoms with Crippen molar-refractivity contribution < 1.29 is 4.79 Å². The average Bonchev–Trinajstić information content (AvgIpc) is 3.35. The number of aromatic nitrogens is 1. The van der Waals surface area contributed by atoms with Crippen LogP contribution in [0.1, 0.15) is 22.1 Å². The molecule has 0 aliphatic carbocycles. The second-order valence-electron chi connectivity index (χ2n) is 7.25. The minimum Gasteiger partial charge on any atom is -0.349 e. The molecule has 2 N–H and O–H groups in total. The molecule has 3 aromatic rings. The van der Waals surface area contributed by atoms with Crippen molar-refractivity contribution in [3.63, 3.8) is 0 Å². The van der Waals surface area contributed by atoms with Crippen molar-refractivity contribution in [1.82, 2.24) is 15.2 Å². The highest BCUT2D eigenvalue weighted by molar-refractivity contribution is 6.38. The Balaban J connectivity index is 1.56. The molecule has 132 valence electrons. The number of halogens is 1. The molecule has 2 aliphatic rings. The SMILES string of the molecule is O=C(c1[nH]c2ccccc2c1Cl)N1C[C@@H]2CNC[C@@H]2[C@H]1c1ccccc1. The zero-order valence-corrected chi connectivity index (χ0v) is 15.0. The fourth-order valence-electron chi connectivity index (χ4n) is 4.61. The van der Waals surface area contributed by atoms with Gasteiger partial charge in [-0.2, -0.15) is 0 Å². The lowest BCUT2D eigenvalue weighted by atomic mass is 9.89. The standard InChI is InChI=1S/C21H20ClN3O/c22-18-15-8-4-5-9-17(15)24-19(18)21(26)25-12-14-10-23-11-16(14)20(25)13-6-2-1-3-7-13/h1-9,14,16,20,23-24H,10-12H2/t14-,16-,20+/m0/s1. The van der Waals surface area contributed by atoms with Crippen molar-refractivity contribution in [1.29, 1.82) is 0 Å². The molecule has 26 heavy (non-hydrogen) atoms. The van der Waals surface area contributed by atoms with Gasteiger partial charge in [0.15, 0.2) is 0 Å². The molecule has 5 heteroatoms. The Morgan fingerprint density at radius 2 is 1.81 bits per heavy atom. The maximum Gasteiger partial charge on any atom is 0.272 e. The van der Waals surface area contributed by atoms with Crippen LogP contribution >= 0.6 is 11.6 Å². The van der Waals surface area contributed by atoms with E-state index in [2.05, 4.69) is 22.4 Å². The quantitative estimate of drug-likeness (QED) is 0.724. The molecule has 3 atom stereocenters. The first kappa shape index (κ1) is 15.9. The van der Waals surface area contributed by atoms with E-state index in [4.69, 9.17) is 11.6 Å². The van der Waals surface area contributed by atoms with Gasteiger partial charge in [0.1, 0.15) is 5.69 Å². The highest BCUT2D eigenvalue weighted by Gasteiger charge is 2.47. The molecule has 1 aromatic heterocycles. The number of benzene rings is 2. The summed E-state index contributed by atoms with van der Waals surface area (Å²) in [5.41, 5.74) is 2.60. The van der Waals surface area contributed by atoms with Crippen molar-refractivity contribution in [3.8, 4) is 0 Å². The van der Waals surface area contributed by atoms with E-state index in [0.717, 1.165) is 30.5 Å². The number of fused-ring (bicyclic) bond motifs is 2. The monoisotopic (exact) mass is 365 g/mol. The number of amides is 1. The summed E-state index contributed by atoms with van der Waals surface area (Å²) in [5, 5.41) is 4.90. The van der Waals surface area contributed by atoms with Crippen molar-refractivity contribution in [2.45, 2.75) is 6.04 Å². The van der Waals surface area contributed by atoms with Gasteiger partial charge in [-0.05, 0) is 17.5 Å². The van der Waals surface area contributed by atoms with Gasteiger partial charge < -0.3 is 15.2 Å². The molecule has 0 spiro atoms. The van der Waals surface area contributed by atoms with Crippen molar-refractivity contribution in [2.24, 2.45) is 11.8 Å². The van der Waals surface area contributed by atoms with Gasteiger partial charge >= 0.3 is 0 Å². The third kappa shape index (κ3) is 2.37. The first-order valence-electron chi connectivity index (χ1n) is 9.07. The molecular formula is C21H20ClN3O. The molecule has 0 bridgehead atoms. The molecule has 3 heterocycles. The zero-order valence-electron chi connectivity index (χ0n) is 14.3. The van der Waals surface area contributed by atoms with Gasteiger partial charge in [-0.25, -0.2) is 0 Å². The Morgan fingerprint density at radius 3 is 2.62 bits per heavy atom. The fourth-order valence-corrected chi connectivity index (χ4v) is 4.90. The van der Waals surface area contributed by atoms with Crippen molar-refractivity contribution in [3.05, 3.63) is 70.9 Å². The highest BCUT2D eigenvalue weighted by atomic mass is 35.5. The average molecular weight is 366 g/mol. The van der Waals surface area contributed by atoms with Gasteiger partial charge in [0.25, 0.3) is 5.91 Å². The maximum atomic E-state index is 13.4. The van der Waals surface area contributed by atoms with Crippen LogP contribution in [0.4, 0.5) is 0 Å². The molecule has 5 rings (SSSR count). The summed E-state index contributed by atoms with van der Waals surface area (Å²) >= 11 is 6.55. The van der Waals surface area contributed by atoms with E-state index in [1.807, 2.05) is 47.4 Å². The predicted octanol–water partition coefficient (Wildman–Crippen LogP) is 3.85. The number of hydrogen-bond acceptors (Lipinski definition) is 2. The van der Waals surface area contributed by atoms with Crippen LogP contribution in [-0.4, -0.2) is 35.4 Å².